The Morgan fingerprint density at radius 3 is 2.33 bits per heavy atom. The topological polar surface area (TPSA) is 77.0 Å². The largest absolute Gasteiger partial charge is 0.493 e. The Hall–Kier alpha value is -3.93. The standard InChI is InChI=1S/C24H22N2O4/c1-16-7-10-19(11-8-16)24(28)30-21-12-9-18(14-22(21)29-3)15-25-26-23(27)20-6-4-5-17(2)13-20/h4-15H,1-3H3,(H,26,27)/b25-15-. The Morgan fingerprint density at radius 2 is 1.63 bits per heavy atom. The van der Waals surface area contributed by atoms with E-state index in [2.05, 4.69) is 10.5 Å². The third kappa shape index (κ3) is 5.32. The van der Waals surface area contributed by atoms with Gasteiger partial charge in [0.05, 0.1) is 18.9 Å². The molecule has 1 N–H and O–H groups in total. The first-order chi connectivity index (χ1) is 14.5. The van der Waals surface area contributed by atoms with E-state index in [1.54, 1.807) is 42.5 Å². The highest BCUT2D eigenvalue weighted by Gasteiger charge is 2.12. The average Bonchev–Trinajstić information content (AvgIpc) is 2.75. The molecule has 0 radical (unpaired) electrons. The third-order valence-electron chi connectivity index (χ3n) is 4.34. The van der Waals surface area contributed by atoms with E-state index < -0.39 is 5.97 Å². The maximum atomic E-state index is 12.3. The average molecular weight is 402 g/mol. The fourth-order valence-corrected chi connectivity index (χ4v) is 2.71. The molecule has 6 heteroatoms. The summed E-state index contributed by atoms with van der Waals surface area (Å²) in [7, 11) is 1.49. The molecule has 3 rings (SSSR count). The number of carbonyl (C=O) groups excluding carboxylic acids is 2. The van der Waals surface area contributed by atoms with E-state index in [-0.39, 0.29) is 5.91 Å². The zero-order valence-corrected chi connectivity index (χ0v) is 17.0. The number of hydrazone groups is 1. The summed E-state index contributed by atoms with van der Waals surface area (Å²) >= 11 is 0. The summed E-state index contributed by atoms with van der Waals surface area (Å²) < 4.78 is 10.8. The summed E-state index contributed by atoms with van der Waals surface area (Å²) in [5.41, 5.74) is 6.19. The quantitative estimate of drug-likeness (QED) is 0.289. The van der Waals surface area contributed by atoms with Crippen molar-refractivity contribution in [1.29, 1.82) is 0 Å². The molecule has 0 fully saturated rings. The maximum Gasteiger partial charge on any atom is 0.343 e. The van der Waals surface area contributed by atoms with Crippen LogP contribution in [0.1, 0.15) is 37.4 Å². The Kier molecular flexibility index (Phi) is 6.60. The first-order valence-corrected chi connectivity index (χ1v) is 9.33. The van der Waals surface area contributed by atoms with Crippen LogP contribution < -0.4 is 14.9 Å². The van der Waals surface area contributed by atoms with Crippen molar-refractivity contribution < 1.29 is 19.1 Å². The molecule has 0 bridgehead atoms. The first kappa shape index (κ1) is 20.8. The van der Waals surface area contributed by atoms with Gasteiger partial charge in [-0.15, -0.1) is 0 Å². The molecule has 0 spiro atoms. The van der Waals surface area contributed by atoms with E-state index in [1.807, 2.05) is 38.1 Å². The number of hydrogen-bond donors (Lipinski definition) is 1. The Bertz CT molecular complexity index is 1090. The number of methoxy groups -OCH3 is 1. The van der Waals surface area contributed by atoms with E-state index in [1.165, 1.54) is 13.3 Å². The van der Waals surface area contributed by atoms with Crippen LogP contribution in [0.15, 0.2) is 71.8 Å². The zero-order chi connectivity index (χ0) is 21.5. The molecule has 30 heavy (non-hydrogen) atoms. The molecular formula is C24H22N2O4. The molecule has 3 aromatic rings. The first-order valence-electron chi connectivity index (χ1n) is 9.33. The lowest BCUT2D eigenvalue weighted by Gasteiger charge is -2.10. The molecule has 6 nitrogen and oxygen atoms in total. The number of amides is 1. The number of aryl methyl sites for hydroxylation is 2. The summed E-state index contributed by atoms with van der Waals surface area (Å²) in [6.45, 7) is 3.86. The predicted molar refractivity (Wildman–Crippen MR) is 115 cm³/mol. The number of esters is 1. The second-order valence-electron chi connectivity index (χ2n) is 6.73. The van der Waals surface area contributed by atoms with E-state index in [0.29, 0.717) is 28.2 Å². The van der Waals surface area contributed by atoms with Crippen LogP contribution in [0.2, 0.25) is 0 Å². The Balaban J connectivity index is 1.67. The minimum absolute atomic E-state index is 0.295. The number of ether oxygens (including phenoxy) is 2. The number of nitrogens with zero attached hydrogens (tertiary/aromatic N) is 1. The van der Waals surface area contributed by atoms with Crippen LogP contribution in [-0.4, -0.2) is 25.2 Å². The lowest BCUT2D eigenvalue weighted by atomic mass is 10.1. The lowest BCUT2D eigenvalue weighted by molar-refractivity contribution is 0.0729. The Labute approximate surface area is 175 Å². The molecule has 0 aliphatic rings. The summed E-state index contributed by atoms with van der Waals surface area (Å²) in [6.07, 6.45) is 1.49. The van der Waals surface area contributed by atoms with E-state index in [0.717, 1.165) is 11.1 Å². The summed E-state index contributed by atoms with van der Waals surface area (Å²) in [4.78, 5) is 24.5. The maximum absolute atomic E-state index is 12.3. The van der Waals surface area contributed by atoms with Crippen LogP contribution in [0.4, 0.5) is 0 Å². The highest BCUT2D eigenvalue weighted by Crippen LogP contribution is 2.28. The van der Waals surface area contributed by atoms with Gasteiger partial charge in [-0.2, -0.15) is 5.10 Å². The van der Waals surface area contributed by atoms with E-state index in [4.69, 9.17) is 9.47 Å². The van der Waals surface area contributed by atoms with Gasteiger partial charge in [-0.25, -0.2) is 10.2 Å². The van der Waals surface area contributed by atoms with Crippen LogP contribution in [0.3, 0.4) is 0 Å². The van der Waals surface area contributed by atoms with Gasteiger partial charge in [0.1, 0.15) is 0 Å². The second kappa shape index (κ2) is 9.52. The fraction of sp³-hybridized carbons (Fsp3) is 0.125. The SMILES string of the molecule is COc1cc(/C=N\NC(=O)c2cccc(C)c2)ccc1OC(=O)c1ccc(C)cc1. The number of benzene rings is 3. The Morgan fingerprint density at radius 1 is 0.867 bits per heavy atom. The molecule has 0 aromatic heterocycles. The predicted octanol–water partition coefficient (Wildman–Crippen LogP) is 4.30. The van der Waals surface area contributed by atoms with Crippen LogP contribution >= 0.6 is 0 Å². The summed E-state index contributed by atoms with van der Waals surface area (Å²) in [5.74, 6) is -0.0980. The van der Waals surface area contributed by atoms with Gasteiger partial charge in [0.25, 0.3) is 5.91 Å². The van der Waals surface area contributed by atoms with Crippen LogP contribution in [0.5, 0.6) is 11.5 Å². The minimum atomic E-state index is -0.472. The summed E-state index contributed by atoms with van der Waals surface area (Å²) in [5, 5.41) is 3.98. The second-order valence-corrected chi connectivity index (χ2v) is 6.73. The molecular weight excluding hydrogens is 380 g/mol. The molecule has 0 atom stereocenters. The van der Waals surface area contributed by atoms with Gasteiger partial charge in [-0.1, -0.05) is 35.4 Å². The fourth-order valence-electron chi connectivity index (χ4n) is 2.71. The third-order valence-corrected chi connectivity index (χ3v) is 4.34. The molecule has 1 amide bonds. The molecule has 0 aliphatic carbocycles. The smallest absolute Gasteiger partial charge is 0.343 e. The number of hydrogen-bond acceptors (Lipinski definition) is 5. The van der Waals surface area contributed by atoms with Gasteiger partial charge < -0.3 is 9.47 Å². The van der Waals surface area contributed by atoms with Gasteiger partial charge in [-0.05, 0) is 61.9 Å². The van der Waals surface area contributed by atoms with Crippen molar-refractivity contribution in [1.82, 2.24) is 5.43 Å². The highest BCUT2D eigenvalue weighted by atomic mass is 16.6. The lowest BCUT2D eigenvalue weighted by Crippen LogP contribution is -2.17. The monoisotopic (exact) mass is 402 g/mol. The van der Waals surface area contributed by atoms with Gasteiger partial charge >= 0.3 is 5.97 Å². The highest BCUT2D eigenvalue weighted by molar-refractivity contribution is 5.95. The van der Waals surface area contributed by atoms with Crippen molar-refractivity contribution in [3.8, 4) is 11.5 Å². The molecule has 0 aliphatic heterocycles. The van der Waals surface area contributed by atoms with Crippen molar-refractivity contribution in [2.24, 2.45) is 5.10 Å². The van der Waals surface area contributed by atoms with Crippen LogP contribution in [0, 0.1) is 13.8 Å². The summed E-state index contributed by atoms with van der Waals surface area (Å²) in [6, 6.07) is 19.3. The van der Waals surface area contributed by atoms with Gasteiger partial charge in [0, 0.05) is 5.56 Å². The van der Waals surface area contributed by atoms with E-state index in [9.17, 15) is 9.59 Å². The van der Waals surface area contributed by atoms with Crippen molar-refractivity contribution in [2.45, 2.75) is 13.8 Å². The molecule has 152 valence electrons. The van der Waals surface area contributed by atoms with Crippen LogP contribution in [-0.2, 0) is 0 Å². The van der Waals surface area contributed by atoms with Crippen molar-refractivity contribution in [3.63, 3.8) is 0 Å². The zero-order valence-electron chi connectivity index (χ0n) is 17.0. The van der Waals surface area contributed by atoms with Crippen molar-refractivity contribution in [3.05, 3.63) is 94.5 Å². The minimum Gasteiger partial charge on any atom is -0.493 e. The molecule has 3 aromatic carbocycles. The molecule has 0 saturated carbocycles. The van der Waals surface area contributed by atoms with Gasteiger partial charge in [-0.3, -0.25) is 4.79 Å². The van der Waals surface area contributed by atoms with E-state index >= 15 is 0 Å². The molecule has 0 heterocycles. The number of nitrogens with one attached hydrogen (secondary N) is 1. The molecule has 0 saturated heterocycles. The van der Waals surface area contributed by atoms with Gasteiger partial charge in [0.15, 0.2) is 11.5 Å². The number of rotatable bonds is 6. The molecule has 0 unspecified atom stereocenters. The van der Waals surface area contributed by atoms with Crippen molar-refractivity contribution >= 4 is 18.1 Å². The van der Waals surface area contributed by atoms with Crippen LogP contribution in [0.25, 0.3) is 0 Å². The van der Waals surface area contributed by atoms with Gasteiger partial charge in [0.2, 0.25) is 0 Å². The van der Waals surface area contributed by atoms with Crippen molar-refractivity contribution in [2.75, 3.05) is 7.11 Å². The normalized spacial score (nSPS) is 10.6. The number of carbonyl (C=O) groups is 2.